The number of hydrogen-bond acceptors (Lipinski definition) is 3. The standard InChI is InChI=1S/C43H86NO3/c1-6-9-11-13-15-17-19-21-23-25-27-29-31-33-35-37-41-46-43(8-3,39-40-44(4,5)45)47-42-38-36-34-32-30-28-26-24-22-20-18-16-14-12-10-7-2/h21-24,45H,6-20,25-42H2,1-5H3/q+1/b23-21-,24-22-. The average molecular weight is 665 g/mol. The quantitative estimate of drug-likeness (QED) is 0.0235. The number of allylic oxidation sites excluding steroid dienone is 4. The molecule has 0 aromatic heterocycles. The Morgan fingerprint density at radius 1 is 0.447 bits per heavy atom. The molecule has 0 saturated heterocycles. The monoisotopic (exact) mass is 665 g/mol. The number of unbranched alkanes of at least 4 members (excludes halogenated alkanes) is 24. The predicted octanol–water partition coefficient (Wildman–Crippen LogP) is 14.1. The van der Waals surface area contributed by atoms with Crippen LogP contribution in [0.1, 0.15) is 213 Å². The first-order valence-corrected chi connectivity index (χ1v) is 21.0. The lowest BCUT2D eigenvalue weighted by atomic mass is 10.1. The molecular weight excluding hydrogens is 578 g/mol. The lowest BCUT2D eigenvalue weighted by Gasteiger charge is -2.34. The minimum absolute atomic E-state index is 0.0447. The van der Waals surface area contributed by atoms with E-state index >= 15 is 0 Å². The van der Waals surface area contributed by atoms with Crippen molar-refractivity contribution in [3.8, 4) is 0 Å². The van der Waals surface area contributed by atoms with Crippen molar-refractivity contribution in [3.05, 3.63) is 24.3 Å². The van der Waals surface area contributed by atoms with Crippen LogP contribution in [0.5, 0.6) is 0 Å². The molecule has 0 bridgehead atoms. The zero-order valence-corrected chi connectivity index (χ0v) is 32.9. The van der Waals surface area contributed by atoms with E-state index in [4.69, 9.17) is 9.47 Å². The van der Waals surface area contributed by atoms with E-state index in [0.717, 1.165) is 38.9 Å². The van der Waals surface area contributed by atoms with Crippen LogP contribution >= 0.6 is 0 Å². The molecule has 0 aliphatic carbocycles. The molecule has 47 heavy (non-hydrogen) atoms. The van der Waals surface area contributed by atoms with E-state index in [1.807, 2.05) is 14.1 Å². The first kappa shape index (κ1) is 46.3. The molecule has 0 amide bonds. The summed E-state index contributed by atoms with van der Waals surface area (Å²) in [6, 6.07) is 0. The van der Waals surface area contributed by atoms with Gasteiger partial charge in [-0.05, 0) is 70.6 Å². The van der Waals surface area contributed by atoms with Crippen molar-refractivity contribution in [1.29, 1.82) is 0 Å². The number of rotatable bonds is 38. The summed E-state index contributed by atoms with van der Waals surface area (Å²) in [6.07, 6.45) is 48.1. The maximum Gasteiger partial charge on any atom is 0.173 e. The Labute approximate surface area is 296 Å². The van der Waals surface area contributed by atoms with Gasteiger partial charge in [0.2, 0.25) is 0 Å². The highest BCUT2D eigenvalue weighted by Crippen LogP contribution is 2.25. The fourth-order valence-corrected chi connectivity index (χ4v) is 6.23. The average Bonchev–Trinajstić information content (AvgIpc) is 3.05. The first-order chi connectivity index (χ1) is 22.9. The third-order valence-electron chi connectivity index (χ3n) is 9.62. The van der Waals surface area contributed by atoms with Gasteiger partial charge in [-0.2, -0.15) is 4.65 Å². The zero-order valence-electron chi connectivity index (χ0n) is 32.9. The topological polar surface area (TPSA) is 38.7 Å². The molecule has 0 spiro atoms. The van der Waals surface area contributed by atoms with Crippen molar-refractivity contribution in [1.82, 2.24) is 0 Å². The van der Waals surface area contributed by atoms with Crippen LogP contribution in [0, 0.1) is 0 Å². The first-order valence-electron chi connectivity index (χ1n) is 21.0. The second-order valence-electron chi connectivity index (χ2n) is 14.9. The van der Waals surface area contributed by atoms with Crippen LogP contribution < -0.4 is 0 Å². The highest BCUT2D eigenvalue weighted by molar-refractivity contribution is 4.82. The van der Waals surface area contributed by atoms with Crippen LogP contribution in [0.15, 0.2) is 24.3 Å². The van der Waals surface area contributed by atoms with Gasteiger partial charge in [-0.1, -0.05) is 161 Å². The number of hydroxylamine groups is 3. The SMILES string of the molecule is CCCCCCCC/C=C\CCCCCCCCOC(CC)(CC[N+](C)(C)O)OCCCCCCCC/C=C\CCCCCCCC. The minimum atomic E-state index is -0.568. The van der Waals surface area contributed by atoms with E-state index in [0.29, 0.717) is 6.54 Å². The summed E-state index contributed by atoms with van der Waals surface area (Å²) in [7, 11) is 3.66. The third kappa shape index (κ3) is 35.0. The van der Waals surface area contributed by atoms with E-state index in [-0.39, 0.29) is 4.65 Å². The largest absolute Gasteiger partial charge is 0.350 e. The van der Waals surface area contributed by atoms with Gasteiger partial charge >= 0.3 is 0 Å². The Kier molecular flexibility index (Phi) is 34.6. The van der Waals surface area contributed by atoms with Crippen LogP contribution in [0.25, 0.3) is 0 Å². The number of quaternary nitrogens is 1. The Morgan fingerprint density at radius 3 is 1.04 bits per heavy atom. The second kappa shape index (κ2) is 35.2. The number of hydrogen-bond donors (Lipinski definition) is 1. The van der Waals surface area contributed by atoms with Crippen molar-refractivity contribution in [2.24, 2.45) is 0 Å². The maximum atomic E-state index is 10.3. The Hall–Kier alpha value is -0.680. The van der Waals surface area contributed by atoms with Crippen LogP contribution in [0.4, 0.5) is 0 Å². The van der Waals surface area contributed by atoms with Crippen molar-refractivity contribution in [2.75, 3.05) is 33.9 Å². The van der Waals surface area contributed by atoms with Gasteiger partial charge in [0.15, 0.2) is 5.79 Å². The molecule has 0 atom stereocenters. The van der Waals surface area contributed by atoms with Crippen LogP contribution in [0.3, 0.4) is 0 Å². The molecule has 0 aromatic carbocycles. The molecule has 0 unspecified atom stereocenters. The summed E-state index contributed by atoms with van der Waals surface area (Å²) < 4.78 is 12.9. The molecule has 0 aromatic rings. The summed E-state index contributed by atoms with van der Waals surface area (Å²) in [5.74, 6) is -0.568. The molecule has 1 N–H and O–H groups in total. The normalized spacial score (nSPS) is 12.7. The van der Waals surface area contributed by atoms with Gasteiger partial charge in [0.05, 0.1) is 33.7 Å². The highest BCUT2D eigenvalue weighted by atomic mass is 16.7. The zero-order chi connectivity index (χ0) is 34.6. The molecule has 0 rings (SSSR count). The molecule has 0 heterocycles. The molecule has 0 aliphatic heterocycles. The summed E-state index contributed by atoms with van der Waals surface area (Å²) in [6.45, 7) is 8.87. The Bertz CT molecular complexity index is 624. The molecule has 4 nitrogen and oxygen atoms in total. The molecule has 280 valence electrons. The second-order valence-corrected chi connectivity index (χ2v) is 14.9. The summed E-state index contributed by atoms with van der Waals surface area (Å²) in [5.41, 5.74) is 0. The summed E-state index contributed by atoms with van der Waals surface area (Å²) >= 11 is 0. The highest BCUT2D eigenvalue weighted by Gasteiger charge is 2.33. The van der Waals surface area contributed by atoms with Crippen molar-refractivity contribution < 1.29 is 19.3 Å². The van der Waals surface area contributed by atoms with E-state index < -0.39 is 5.79 Å². The van der Waals surface area contributed by atoms with E-state index in [1.54, 1.807) is 0 Å². The lowest BCUT2D eigenvalue weighted by Crippen LogP contribution is -2.44. The van der Waals surface area contributed by atoms with Gasteiger partial charge < -0.3 is 9.47 Å². The summed E-state index contributed by atoms with van der Waals surface area (Å²) in [5, 5.41) is 10.3. The van der Waals surface area contributed by atoms with Gasteiger partial charge in [-0.25, -0.2) is 5.21 Å². The molecular formula is C43H86NO3+. The Balaban J connectivity index is 3.97. The van der Waals surface area contributed by atoms with Gasteiger partial charge in [-0.15, -0.1) is 0 Å². The van der Waals surface area contributed by atoms with Crippen LogP contribution in [-0.4, -0.2) is 49.5 Å². The van der Waals surface area contributed by atoms with Crippen molar-refractivity contribution >= 4 is 0 Å². The fourth-order valence-electron chi connectivity index (χ4n) is 6.23. The number of ether oxygens (including phenoxy) is 2. The smallest absolute Gasteiger partial charge is 0.173 e. The lowest BCUT2D eigenvalue weighted by molar-refractivity contribution is -1.07. The van der Waals surface area contributed by atoms with Gasteiger partial charge in [0.1, 0.15) is 6.54 Å². The fraction of sp³-hybridized carbons (Fsp3) is 0.907. The van der Waals surface area contributed by atoms with E-state index in [2.05, 4.69) is 45.1 Å². The summed E-state index contributed by atoms with van der Waals surface area (Å²) in [4.78, 5) is 0. The molecule has 4 heteroatoms. The van der Waals surface area contributed by atoms with E-state index in [9.17, 15) is 5.21 Å². The molecule has 0 radical (unpaired) electrons. The molecule has 0 fully saturated rings. The third-order valence-corrected chi connectivity index (χ3v) is 9.62. The Morgan fingerprint density at radius 2 is 0.745 bits per heavy atom. The molecule has 0 aliphatic rings. The van der Waals surface area contributed by atoms with Gasteiger partial charge in [-0.3, -0.25) is 0 Å². The van der Waals surface area contributed by atoms with Crippen LogP contribution in [0.2, 0.25) is 0 Å². The number of nitrogens with zero attached hydrogens (tertiary/aromatic N) is 1. The van der Waals surface area contributed by atoms with E-state index in [1.165, 1.54) is 167 Å². The van der Waals surface area contributed by atoms with Crippen molar-refractivity contribution in [2.45, 2.75) is 219 Å². The predicted molar refractivity (Wildman–Crippen MR) is 207 cm³/mol. The molecule has 0 saturated carbocycles. The minimum Gasteiger partial charge on any atom is -0.350 e. The van der Waals surface area contributed by atoms with Crippen molar-refractivity contribution in [3.63, 3.8) is 0 Å². The maximum absolute atomic E-state index is 10.3. The van der Waals surface area contributed by atoms with Gasteiger partial charge in [0.25, 0.3) is 0 Å². The van der Waals surface area contributed by atoms with Crippen LogP contribution in [-0.2, 0) is 9.47 Å². The van der Waals surface area contributed by atoms with Gasteiger partial charge in [0, 0.05) is 0 Å².